The summed E-state index contributed by atoms with van der Waals surface area (Å²) in [5.41, 5.74) is 6.49. The molecule has 2 fully saturated rings. The van der Waals surface area contributed by atoms with Gasteiger partial charge in [0.25, 0.3) is 0 Å². The lowest BCUT2D eigenvalue weighted by Gasteiger charge is -2.35. The summed E-state index contributed by atoms with van der Waals surface area (Å²) in [6.07, 6.45) is 5.70. The van der Waals surface area contributed by atoms with Crippen molar-refractivity contribution in [3.63, 3.8) is 0 Å². The van der Waals surface area contributed by atoms with E-state index in [0.717, 1.165) is 31.0 Å². The average molecular weight is 249 g/mol. The molecule has 4 heteroatoms. The molecule has 0 aromatic carbocycles. The summed E-state index contributed by atoms with van der Waals surface area (Å²) in [6, 6.07) is 0.145. The minimum atomic E-state index is -0.122. The molecule has 2 saturated carbocycles. The van der Waals surface area contributed by atoms with Gasteiger partial charge in [-0.2, -0.15) is 4.98 Å². The van der Waals surface area contributed by atoms with Gasteiger partial charge in [-0.3, -0.25) is 0 Å². The Morgan fingerprint density at radius 2 is 2.00 bits per heavy atom. The number of nitrogens with zero attached hydrogens (tertiary/aromatic N) is 2. The van der Waals surface area contributed by atoms with E-state index in [0.29, 0.717) is 11.3 Å². The third-order valence-electron chi connectivity index (χ3n) is 5.04. The van der Waals surface area contributed by atoms with E-state index >= 15 is 0 Å². The van der Waals surface area contributed by atoms with E-state index in [4.69, 9.17) is 10.3 Å². The quantitative estimate of drug-likeness (QED) is 0.875. The van der Waals surface area contributed by atoms with Crippen LogP contribution in [-0.4, -0.2) is 16.2 Å². The summed E-state index contributed by atoms with van der Waals surface area (Å²) in [6.45, 7) is 6.68. The molecule has 0 spiro atoms. The fraction of sp³-hybridized carbons (Fsp3) is 0.857. The van der Waals surface area contributed by atoms with Gasteiger partial charge in [0.05, 0.1) is 5.41 Å². The Kier molecular flexibility index (Phi) is 2.56. The lowest BCUT2D eigenvalue weighted by atomic mass is 9.72. The second-order valence-electron chi connectivity index (χ2n) is 6.97. The molecule has 3 atom stereocenters. The number of hydrogen-bond acceptors (Lipinski definition) is 4. The maximum absolute atomic E-state index is 6.27. The van der Waals surface area contributed by atoms with Crippen LogP contribution in [0, 0.1) is 5.41 Å². The molecule has 18 heavy (non-hydrogen) atoms. The number of rotatable bonds is 2. The van der Waals surface area contributed by atoms with Crippen molar-refractivity contribution in [3.05, 3.63) is 11.7 Å². The molecule has 4 nitrogen and oxygen atoms in total. The van der Waals surface area contributed by atoms with Crippen LogP contribution in [-0.2, 0) is 5.41 Å². The largest absolute Gasteiger partial charge is 0.339 e. The zero-order valence-corrected chi connectivity index (χ0v) is 11.6. The van der Waals surface area contributed by atoms with Crippen molar-refractivity contribution in [2.75, 3.05) is 0 Å². The Bertz CT molecular complexity index is 454. The first-order chi connectivity index (χ1) is 8.43. The monoisotopic (exact) mass is 249 g/mol. The minimum Gasteiger partial charge on any atom is -0.339 e. The van der Waals surface area contributed by atoms with Gasteiger partial charge in [-0.05, 0) is 31.6 Å². The Hall–Kier alpha value is -0.900. The highest BCUT2D eigenvalue weighted by molar-refractivity contribution is 5.17. The van der Waals surface area contributed by atoms with Crippen LogP contribution in [0.5, 0.6) is 0 Å². The highest BCUT2D eigenvalue weighted by Gasteiger charge is 2.50. The first kappa shape index (κ1) is 12.2. The van der Waals surface area contributed by atoms with E-state index in [-0.39, 0.29) is 11.5 Å². The van der Waals surface area contributed by atoms with E-state index in [2.05, 4.69) is 30.9 Å². The zero-order valence-electron chi connectivity index (χ0n) is 11.6. The lowest BCUT2D eigenvalue weighted by molar-refractivity contribution is 0.203. The van der Waals surface area contributed by atoms with E-state index in [1.807, 2.05) is 0 Å². The van der Waals surface area contributed by atoms with E-state index in [1.165, 1.54) is 12.8 Å². The highest BCUT2D eigenvalue weighted by atomic mass is 16.5. The molecule has 0 radical (unpaired) electrons. The third-order valence-corrected chi connectivity index (χ3v) is 5.04. The van der Waals surface area contributed by atoms with E-state index in [1.54, 1.807) is 0 Å². The van der Waals surface area contributed by atoms with Crippen molar-refractivity contribution in [2.24, 2.45) is 11.1 Å². The van der Waals surface area contributed by atoms with Crippen molar-refractivity contribution in [1.82, 2.24) is 10.1 Å². The first-order valence-corrected chi connectivity index (χ1v) is 7.03. The maximum atomic E-state index is 6.27. The summed E-state index contributed by atoms with van der Waals surface area (Å²) in [7, 11) is 0. The second kappa shape index (κ2) is 3.80. The highest BCUT2D eigenvalue weighted by Crippen LogP contribution is 2.57. The van der Waals surface area contributed by atoms with Gasteiger partial charge in [0, 0.05) is 12.0 Å². The van der Waals surface area contributed by atoms with Crippen LogP contribution in [0.1, 0.15) is 70.5 Å². The zero-order chi connectivity index (χ0) is 13.0. The average Bonchev–Trinajstić information content (AvgIpc) is 2.79. The summed E-state index contributed by atoms with van der Waals surface area (Å²) >= 11 is 0. The van der Waals surface area contributed by atoms with Crippen LogP contribution in [0.2, 0.25) is 0 Å². The number of nitrogens with two attached hydrogens (primary N) is 1. The van der Waals surface area contributed by atoms with Gasteiger partial charge in [-0.1, -0.05) is 31.8 Å². The normalized spacial score (nSPS) is 38.7. The molecule has 3 unspecified atom stereocenters. The Morgan fingerprint density at radius 1 is 1.28 bits per heavy atom. The predicted octanol–water partition coefficient (Wildman–Crippen LogP) is 2.74. The van der Waals surface area contributed by atoms with Crippen LogP contribution in [0.25, 0.3) is 0 Å². The van der Waals surface area contributed by atoms with Crippen LogP contribution in [0.15, 0.2) is 4.52 Å². The Balaban J connectivity index is 1.84. The lowest BCUT2D eigenvalue weighted by Crippen LogP contribution is -2.45. The van der Waals surface area contributed by atoms with E-state index in [9.17, 15) is 0 Å². The van der Waals surface area contributed by atoms with Crippen molar-refractivity contribution < 1.29 is 4.52 Å². The molecule has 1 aromatic rings. The van der Waals surface area contributed by atoms with E-state index < -0.39 is 0 Å². The molecule has 0 saturated heterocycles. The summed E-state index contributed by atoms with van der Waals surface area (Å²) in [5, 5.41) is 4.19. The van der Waals surface area contributed by atoms with Crippen LogP contribution in [0.4, 0.5) is 0 Å². The molecule has 0 amide bonds. The summed E-state index contributed by atoms with van der Waals surface area (Å²) in [4.78, 5) is 4.66. The molecule has 0 bridgehead atoms. The van der Waals surface area contributed by atoms with Gasteiger partial charge in [0.15, 0.2) is 5.82 Å². The molecule has 3 rings (SSSR count). The van der Waals surface area contributed by atoms with Gasteiger partial charge >= 0.3 is 0 Å². The molecule has 2 aliphatic carbocycles. The summed E-state index contributed by atoms with van der Waals surface area (Å²) < 4.78 is 5.53. The molecule has 2 N–H and O–H groups in total. The van der Waals surface area contributed by atoms with Crippen LogP contribution in [0.3, 0.4) is 0 Å². The first-order valence-electron chi connectivity index (χ1n) is 7.03. The van der Waals surface area contributed by atoms with Crippen molar-refractivity contribution in [2.45, 2.75) is 70.3 Å². The SMILES string of the molecule is CC1(C)CC1c1noc(C2(C)CCCCC2N)n1. The predicted molar refractivity (Wildman–Crippen MR) is 69.2 cm³/mol. The molecule has 0 aliphatic heterocycles. The second-order valence-corrected chi connectivity index (χ2v) is 6.97. The Labute approximate surface area is 108 Å². The number of hydrogen-bond donors (Lipinski definition) is 1. The molecule has 1 heterocycles. The van der Waals surface area contributed by atoms with Crippen molar-refractivity contribution in [1.29, 1.82) is 0 Å². The molecule has 2 aliphatic rings. The van der Waals surface area contributed by atoms with Gasteiger partial charge in [0.2, 0.25) is 5.89 Å². The number of aromatic nitrogens is 2. The van der Waals surface area contributed by atoms with Gasteiger partial charge < -0.3 is 10.3 Å². The fourth-order valence-electron chi connectivity index (χ4n) is 3.14. The standard InChI is InChI=1S/C14H23N3O/c1-13(2)8-9(13)11-16-12(18-17-11)14(3)7-5-4-6-10(14)15/h9-10H,4-8,15H2,1-3H3. The van der Waals surface area contributed by atoms with Crippen molar-refractivity contribution in [3.8, 4) is 0 Å². The molecule has 100 valence electrons. The maximum Gasteiger partial charge on any atom is 0.234 e. The fourth-order valence-corrected chi connectivity index (χ4v) is 3.14. The smallest absolute Gasteiger partial charge is 0.234 e. The topological polar surface area (TPSA) is 64.9 Å². The molecule has 1 aromatic heterocycles. The van der Waals surface area contributed by atoms with Crippen LogP contribution < -0.4 is 5.73 Å². The van der Waals surface area contributed by atoms with Gasteiger partial charge in [-0.25, -0.2) is 0 Å². The molecular weight excluding hydrogens is 226 g/mol. The van der Waals surface area contributed by atoms with Gasteiger partial charge in [-0.15, -0.1) is 0 Å². The van der Waals surface area contributed by atoms with Crippen LogP contribution >= 0.6 is 0 Å². The third kappa shape index (κ3) is 1.78. The minimum absolute atomic E-state index is 0.122. The van der Waals surface area contributed by atoms with Crippen molar-refractivity contribution >= 4 is 0 Å². The van der Waals surface area contributed by atoms with Gasteiger partial charge in [0.1, 0.15) is 0 Å². The Morgan fingerprint density at radius 3 is 2.61 bits per heavy atom. The molecular formula is C14H23N3O. The summed E-state index contributed by atoms with van der Waals surface area (Å²) in [5.74, 6) is 2.11.